The molecule has 0 amide bonds. The van der Waals surface area contributed by atoms with Gasteiger partial charge in [-0.15, -0.1) is 0 Å². The second kappa shape index (κ2) is 10.3. The van der Waals surface area contributed by atoms with E-state index >= 15 is 0 Å². The lowest BCUT2D eigenvalue weighted by Crippen LogP contribution is -2.44. The van der Waals surface area contributed by atoms with E-state index in [-0.39, 0.29) is 5.82 Å². The van der Waals surface area contributed by atoms with Crippen molar-refractivity contribution in [3.63, 3.8) is 0 Å². The Balaban J connectivity index is 1.27. The molecule has 6 rings (SSSR count). The summed E-state index contributed by atoms with van der Waals surface area (Å²) in [6.45, 7) is 7.27. The monoisotopic (exact) mass is 503 g/mol. The van der Waals surface area contributed by atoms with Crippen LogP contribution in [-0.2, 0) is 11.3 Å². The number of fused-ring (bicyclic) bond motifs is 1. The lowest BCUT2D eigenvalue weighted by molar-refractivity contribution is 0.122. The minimum atomic E-state index is -0.314. The number of ether oxygens (including phenoxy) is 1. The third kappa shape index (κ3) is 5.05. The zero-order valence-electron chi connectivity index (χ0n) is 20.8. The molecule has 2 saturated heterocycles. The lowest BCUT2D eigenvalue weighted by atomic mass is 10.2. The Kier molecular flexibility index (Phi) is 6.54. The maximum atomic E-state index is 14.0. The molecular weight excluding hydrogens is 473 g/mol. The fourth-order valence-corrected chi connectivity index (χ4v) is 4.68. The summed E-state index contributed by atoms with van der Waals surface area (Å²) in [7, 11) is 2.15. The Bertz CT molecular complexity index is 1360. The molecule has 2 aliphatic rings. The molecule has 0 saturated carbocycles. The molecule has 1 aromatic carbocycles. The number of halogens is 1. The van der Waals surface area contributed by atoms with Crippen LogP contribution >= 0.6 is 0 Å². The maximum Gasteiger partial charge on any atom is 0.229 e. The van der Waals surface area contributed by atoms with E-state index in [2.05, 4.69) is 43.1 Å². The second-order valence-electron chi connectivity index (χ2n) is 9.39. The molecule has 10 nitrogen and oxygen atoms in total. The first-order valence-electron chi connectivity index (χ1n) is 12.6. The molecule has 0 radical (unpaired) electrons. The van der Waals surface area contributed by atoms with Gasteiger partial charge in [0.05, 0.1) is 43.0 Å². The van der Waals surface area contributed by atoms with Gasteiger partial charge in [0.15, 0.2) is 17.0 Å². The molecule has 192 valence electrons. The predicted octanol–water partition coefficient (Wildman–Crippen LogP) is 2.55. The van der Waals surface area contributed by atoms with Gasteiger partial charge in [-0.05, 0) is 37.4 Å². The largest absolute Gasteiger partial charge is 0.378 e. The van der Waals surface area contributed by atoms with E-state index in [0.717, 1.165) is 37.6 Å². The minimum absolute atomic E-state index is 0.314. The van der Waals surface area contributed by atoms with Gasteiger partial charge in [0.2, 0.25) is 5.95 Å². The average molecular weight is 504 g/mol. The predicted molar refractivity (Wildman–Crippen MR) is 141 cm³/mol. The van der Waals surface area contributed by atoms with Crippen LogP contribution in [0.25, 0.3) is 16.9 Å². The van der Waals surface area contributed by atoms with E-state index in [0.29, 0.717) is 61.5 Å². The summed E-state index contributed by atoms with van der Waals surface area (Å²) >= 11 is 0. The van der Waals surface area contributed by atoms with E-state index < -0.39 is 0 Å². The fraction of sp³-hybridized carbons (Fsp3) is 0.385. The van der Waals surface area contributed by atoms with Crippen molar-refractivity contribution >= 4 is 28.6 Å². The highest BCUT2D eigenvalue weighted by Crippen LogP contribution is 2.26. The van der Waals surface area contributed by atoms with Gasteiger partial charge >= 0.3 is 0 Å². The number of anilines is 3. The third-order valence-corrected chi connectivity index (χ3v) is 6.88. The Hall–Kier alpha value is -3.83. The average Bonchev–Trinajstić information content (AvgIpc) is 3.37. The van der Waals surface area contributed by atoms with E-state index in [1.807, 2.05) is 18.3 Å². The van der Waals surface area contributed by atoms with Crippen molar-refractivity contribution < 1.29 is 9.13 Å². The molecule has 2 fully saturated rings. The first kappa shape index (κ1) is 23.6. The van der Waals surface area contributed by atoms with Gasteiger partial charge in [0.25, 0.3) is 0 Å². The number of pyridine rings is 1. The van der Waals surface area contributed by atoms with Crippen molar-refractivity contribution in [2.24, 2.45) is 0 Å². The van der Waals surface area contributed by atoms with Crippen LogP contribution in [0.2, 0.25) is 0 Å². The number of morpholine rings is 1. The molecule has 5 heterocycles. The number of piperazine rings is 1. The van der Waals surface area contributed by atoms with Crippen LogP contribution in [-0.4, -0.2) is 88.9 Å². The molecule has 0 spiro atoms. The van der Waals surface area contributed by atoms with Crippen LogP contribution in [0.3, 0.4) is 0 Å². The highest BCUT2D eigenvalue weighted by Gasteiger charge is 2.20. The summed E-state index contributed by atoms with van der Waals surface area (Å²) in [4.78, 5) is 25.7. The zero-order chi connectivity index (χ0) is 25.2. The number of hydrogen-bond donors (Lipinski definition) is 1. The van der Waals surface area contributed by atoms with Crippen LogP contribution in [0.15, 0.2) is 48.9 Å². The Morgan fingerprint density at radius 2 is 1.76 bits per heavy atom. The number of imidazole rings is 1. The SMILES string of the molecule is CN1CCN(c2ccc(CNc3nc(N4CCOCC4)nc4c3ncn4-c3cccc(F)c3)nc2)CC1. The van der Waals surface area contributed by atoms with Crippen molar-refractivity contribution in [1.82, 2.24) is 29.4 Å². The number of hydrogen-bond acceptors (Lipinski definition) is 9. The number of rotatable bonds is 6. The van der Waals surface area contributed by atoms with Crippen molar-refractivity contribution in [2.75, 3.05) is 74.6 Å². The van der Waals surface area contributed by atoms with E-state index in [1.54, 1.807) is 17.0 Å². The molecular formula is C26H30FN9O. The van der Waals surface area contributed by atoms with Crippen LogP contribution in [0, 0.1) is 5.82 Å². The quantitative estimate of drug-likeness (QED) is 0.427. The summed E-state index contributed by atoms with van der Waals surface area (Å²) in [5.41, 5.74) is 3.94. The molecule has 2 aliphatic heterocycles. The van der Waals surface area contributed by atoms with E-state index in [9.17, 15) is 4.39 Å². The van der Waals surface area contributed by atoms with E-state index in [4.69, 9.17) is 14.7 Å². The highest BCUT2D eigenvalue weighted by molar-refractivity contribution is 5.85. The summed E-state index contributed by atoms with van der Waals surface area (Å²) in [6.07, 6.45) is 3.60. The molecule has 0 atom stereocenters. The molecule has 0 aliphatic carbocycles. The van der Waals surface area contributed by atoms with Crippen molar-refractivity contribution in [2.45, 2.75) is 6.54 Å². The smallest absolute Gasteiger partial charge is 0.229 e. The van der Waals surface area contributed by atoms with Crippen LogP contribution < -0.4 is 15.1 Å². The lowest BCUT2D eigenvalue weighted by Gasteiger charge is -2.33. The van der Waals surface area contributed by atoms with Crippen molar-refractivity contribution in [3.05, 3.63) is 60.4 Å². The van der Waals surface area contributed by atoms with Gasteiger partial charge < -0.3 is 24.8 Å². The number of likely N-dealkylation sites (N-methyl/N-ethyl adjacent to an activating group) is 1. The molecule has 11 heteroatoms. The van der Waals surface area contributed by atoms with E-state index in [1.165, 1.54) is 12.1 Å². The molecule has 0 unspecified atom stereocenters. The summed E-state index contributed by atoms with van der Waals surface area (Å²) < 4.78 is 21.3. The van der Waals surface area contributed by atoms with Crippen LogP contribution in [0.1, 0.15) is 5.69 Å². The zero-order valence-corrected chi connectivity index (χ0v) is 20.8. The van der Waals surface area contributed by atoms with Gasteiger partial charge in [0, 0.05) is 39.3 Å². The third-order valence-electron chi connectivity index (χ3n) is 6.88. The summed E-state index contributed by atoms with van der Waals surface area (Å²) in [5.74, 6) is 0.896. The Morgan fingerprint density at radius 3 is 2.51 bits per heavy atom. The van der Waals surface area contributed by atoms with Gasteiger partial charge in [-0.25, -0.2) is 9.37 Å². The normalized spacial score (nSPS) is 16.9. The van der Waals surface area contributed by atoms with Crippen LogP contribution in [0.5, 0.6) is 0 Å². The summed E-state index contributed by atoms with van der Waals surface area (Å²) in [5, 5.41) is 3.42. The maximum absolute atomic E-state index is 14.0. The van der Waals surface area contributed by atoms with Gasteiger partial charge in [-0.1, -0.05) is 6.07 Å². The summed E-state index contributed by atoms with van der Waals surface area (Å²) in [6, 6.07) is 10.6. The Labute approximate surface area is 214 Å². The number of aromatic nitrogens is 5. The first-order valence-corrected chi connectivity index (χ1v) is 12.6. The van der Waals surface area contributed by atoms with Crippen molar-refractivity contribution in [3.8, 4) is 5.69 Å². The fourth-order valence-electron chi connectivity index (χ4n) is 4.68. The molecule has 4 aromatic rings. The van der Waals surface area contributed by atoms with Crippen molar-refractivity contribution in [1.29, 1.82) is 0 Å². The number of benzene rings is 1. The first-order chi connectivity index (χ1) is 18.1. The number of nitrogens with zero attached hydrogens (tertiary/aromatic N) is 8. The molecule has 37 heavy (non-hydrogen) atoms. The van der Waals surface area contributed by atoms with Crippen LogP contribution in [0.4, 0.5) is 21.8 Å². The van der Waals surface area contributed by atoms with Gasteiger partial charge in [-0.2, -0.15) is 9.97 Å². The second-order valence-corrected chi connectivity index (χ2v) is 9.39. The molecule has 3 aromatic heterocycles. The van der Waals surface area contributed by atoms with Gasteiger partial charge in [0.1, 0.15) is 12.1 Å². The Morgan fingerprint density at radius 1 is 0.919 bits per heavy atom. The van der Waals surface area contributed by atoms with Gasteiger partial charge in [-0.3, -0.25) is 9.55 Å². The number of nitrogens with one attached hydrogen (secondary N) is 1. The highest BCUT2D eigenvalue weighted by atomic mass is 19.1. The molecule has 1 N–H and O–H groups in total. The standard InChI is InChI=1S/C26H30FN9O/c1-33-7-9-34(10-8-33)22-6-5-20(28-17-22)16-29-24-23-25(32-26(31-24)35-11-13-37-14-12-35)36(18-30-23)21-4-2-3-19(27)15-21/h2-6,15,17-18H,7-14,16H2,1H3,(H,29,31,32). The topological polar surface area (TPSA) is 87.5 Å². The minimum Gasteiger partial charge on any atom is -0.378 e. The molecule has 0 bridgehead atoms.